The van der Waals surface area contributed by atoms with Gasteiger partial charge in [0.15, 0.2) is 0 Å². The molecule has 0 aliphatic carbocycles. The second-order valence-electron chi connectivity index (χ2n) is 4.57. The zero-order valence-corrected chi connectivity index (χ0v) is 11.1. The molecule has 1 aromatic rings. The van der Waals surface area contributed by atoms with Crippen LogP contribution in [-0.4, -0.2) is 24.9 Å². The minimum Gasteiger partial charge on any atom is -0.493 e. The van der Waals surface area contributed by atoms with Crippen molar-refractivity contribution in [2.45, 2.75) is 26.8 Å². The number of rotatable bonds is 8. The highest BCUT2D eigenvalue weighted by molar-refractivity contribution is 5.29. The standard InChI is InChI=1S/C14H22FNO2/c1-3-4-16-8-12-5-13(15)7-14(6-12)18-10-11(2)9-17/h5-7,11,16-17H,3-4,8-10H2,1-2H3. The van der Waals surface area contributed by atoms with E-state index in [1.165, 1.54) is 12.1 Å². The topological polar surface area (TPSA) is 41.5 Å². The van der Waals surface area contributed by atoms with Gasteiger partial charge in [0.25, 0.3) is 0 Å². The maximum atomic E-state index is 13.4. The van der Waals surface area contributed by atoms with Crippen LogP contribution in [0.15, 0.2) is 18.2 Å². The molecule has 0 aliphatic rings. The Morgan fingerprint density at radius 2 is 2.17 bits per heavy atom. The largest absolute Gasteiger partial charge is 0.493 e. The fourth-order valence-corrected chi connectivity index (χ4v) is 1.51. The van der Waals surface area contributed by atoms with Crippen LogP contribution in [0.3, 0.4) is 0 Å². The van der Waals surface area contributed by atoms with Gasteiger partial charge in [-0.15, -0.1) is 0 Å². The Morgan fingerprint density at radius 3 is 2.83 bits per heavy atom. The molecule has 4 heteroatoms. The van der Waals surface area contributed by atoms with E-state index in [1.807, 2.05) is 13.0 Å². The molecule has 1 rings (SSSR count). The molecule has 2 N–H and O–H groups in total. The average molecular weight is 255 g/mol. The van der Waals surface area contributed by atoms with Crippen molar-refractivity contribution >= 4 is 0 Å². The van der Waals surface area contributed by atoms with Crippen LogP contribution in [0.4, 0.5) is 4.39 Å². The Morgan fingerprint density at radius 1 is 1.39 bits per heavy atom. The second kappa shape index (κ2) is 8.06. The van der Waals surface area contributed by atoms with Crippen molar-refractivity contribution in [1.82, 2.24) is 5.32 Å². The summed E-state index contributed by atoms with van der Waals surface area (Å²) in [6.45, 7) is 5.97. The van der Waals surface area contributed by atoms with E-state index < -0.39 is 0 Å². The summed E-state index contributed by atoms with van der Waals surface area (Å²) >= 11 is 0. The van der Waals surface area contributed by atoms with E-state index in [-0.39, 0.29) is 18.3 Å². The van der Waals surface area contributed by atoms with Crippen molar-refractivity contribution in [1.29, 1.82) is 0 Å². The summed E-state index contributed by atoms with van der Waals surface area (Å²) in [7, 11) is 0. The molecule has 0 amide bonds. The van der Waals surface area contributed by atoms with Gasteiger partial charge in [0, 0.05) is 25.1 Å². The maximum Gasteiger partial charge on any atom is 0.127 e. The maximum absolute atomic E-state index is 13.4. The predicted octanol–water partition coefficient (Wildman–Crippen LogP) is 2.33. The number of aliphatic hydroxyl groups excluding tert-OH is 1. The number of ether oxygens (including phenoxy) is 1. The van der Waals surface area contributed by atoms with Gasteiger partial charge in [-0.1, -0.05) is 13.8 Å². The highest BCUT2D eigenvalue weighted by Gasteiger charge is 2.05. The molecule has 3 nitrogen and oxygen atoms in total. The minimum absolute atomic E-state index is 0.0509. The molecule has 0 spiro atoms. The molecule has 0 fully saturated rings. The number of benzene rings is 1. The van der Waals surface area contributed by atoms with Gasteiger partial charge in [-0.25, -0.2) is 4.39 Å². The molecule has 0 heterocycles. The average Bonchev–Trinajstić information content (AvgIpc) is 2.35. The lowest BCUT2D eigenvalue weighted by molar-refractivity contribution is 0.174. The zero-order valence-electron chi connectivity index (χ0n) is 11.1. The summed E-state index contributed by atoms with van der Waals surface area (Å²) in [6, 6.07) is 4.70. The van der Waals surface area contributed by atoms with E-state index in [9.17, 15) is 4.39 Å². The van der Waals surface area contributed by atoms with Crippen molar-refractivity contribution in [2.75, 3.05) is 19.8 Å². The number of aliphatic hydroxyl groups is 1. The van der Waals surface area contributed by atoms with Crippen molar-refractivity contribution in [3.05, 3.63) is 29.6 Å². The predicted molar refractivity (Wildman–Crippen MR) is 70.1 cm³/mol. The molecule has 1 atom stereocenters. The van der Waals surface area contributed by atoms with Crippen LogP contribution in [0, 0.1) is 11.7 Å². The molecular weight excluding hydrogens is 233 g/mol. The summed E-state index contributed by atoms with van der Waals surface area (Å²) in [6.07, 6.45) is 1.05. The second-order valence-corrected chi connectivity index (χ2v) is 4.57. The number of halogens is 1. The minimum atomic E-state index is -0.294. The van der Waals surface area contributed by atoms with Crippen molar-refractivity contribution in [3.63, 3.8) is 0 Å². The van der Waals surface area contributed by atoms with Gasteiger partial charge in [0.2, 0.25) is 0 Å². The van der Waals surface area contributed by atoms with Crippen molar-refractivity contribution in [2.24, 2.45) is 5.92 Å². The zero-order chi connectivity index (χ0) is 13.4. The fraction of sp³-hybridized carbons (Fsp3) is 0.571. The molecular formula is C14H22FNO2. The Hall–Kier alpha value is -1.13. The Kier molecular flexibility index (Phi) is 6.68. The van der Waals surface area contributed by atoms with Gasteiger partial charge in [-0.2, -0.15) is 0 Å². The van der Waals surface area contributed by atoms with Crippen LogP contribution < -0.4 is 10.1 Å². The monoisotopic (exact) mass is 255 g/mol. The van der Waals surface area contributed by atoms with Gasteiger partial charge in [0.05, 0.1) is 6.61 Å². The van der Waals surface area contributed by atoms with E-state index in [2.05, 4.69) is 12.2 Å². The van der Waals surface area contributed by atoms with Crippen LogP contribution >= 0.6 is 0 Å². The quantitative estimate of drug-likeness (QED) is 0.701. The molecule has 1 aromatic carbocycles. The molecule has 0 bridgehead atoms. The van der Waals surface area contributed by atoms with Crippen LogP contribution in [0.25, 0.3) is 0 Å². The van der Waals surface area contributed by atoms with Gasteiger partial charge in [-0.05, 0) is 30.7 Å². The molecule has 102 valence electrons. The van der Waals surface area contributed by atoms with Gasteiger partial charge in [-0.3, -0.25) is 0 Å². The van der Waals surface area contributed by atoms with Crippen LogP contribution in [-0.2, 0) is 6.54 Å². The summed E-state index contributed by atoms with van der Waals surface area (Å²) in [5.41, 5.74) is 0.870. The Labute approximate surface area is 108 Å². The summed E-state index contributed by atoms with van der Waals surface area (Å²) in [5, 5.41) is 12.1. The molecule has 18 heavy (non-hydrogen) atoms. The number of nitrogens with one attached hydrogen (secondary N) is 1. The van der Waals surface area contributed by atoms with E-state index in [1.54, 1.807) is 0 Å². The first-order valence-electron chi connectivity index (χ1n) is 6.39. The van der Waals surface area contributed by atoms with Crippen LogP contribution in [0.2, 0.25) is 0 Å². The number of hydrogen-bond acceptors (Lipinski definition) is 3. The van der Waals surface area contributed by atoms with Crippen molar-refractivity contribution in [3.8, 4) is 5.75 Å². The third kappa shape index (κ3) is 5.47. The first kappa shape index (κ1) is 14.9. The van der Waals surface area contributed by atoms with Gasteiger partial charge >= 0.3 is 0 Å². The van der Waals surface area contributed by atoms with Crippen LogP contribution in [0.5, 0.6) is 5.75 Å². The smallest absolute Gasteiger partial charge is 0.127 e. The van der Waals surface area contributed by atoms with E-state index in [0.29, 0.717) is 18.9 Å². The highest BCUT2D eigenvalue weighted by Crippen LogP contribution is 2.17. The molecule has 0 aromatic heterocycles. The SMILES string of the molecule is CCCNCc1cc(F)cc(OCC(C)CO)c1. The summed E-state index contributed by atoms with van der Waals surface area (Å²) in [4.78, 5) is 0. The van der Waals surface area contributed by atoms with Crippen LogP contribution in [0.1, 0.15) is 25.8 Å². The van der Waals surface area contributed by atoms with E-state index >= 15 is 0 Å². The third-order valence-electron chi connectivity index (χ3n) is 2.53. The van der Waals surface area contributed by atoms with Gasteiger partial charge < -0.3 is 15.2 Å². The molecule has 0 saturated heterocycles. The summed E-state index contributed by atoms with van der Waals surface area (Å²) < 4.78 is 18.8. The molecule has 0 radical (unpaired) electrons. The normalized spacial score (nSPS) is 12.4. The third-order valence-corrected chi connectivity index (χ3v) is 2.53. The first-order chi connectivity index (χ1) is 8.65. The lowest BCUT2D eigenvalue weighted by Crippen LogP contribution is -2.15. The van der Waals surface area contributed by atoms with E-state index in [0.717, 1.165) is 18.5 Å². The molecule has 1 unspecified atom stereocenters. The van der Waals surface area contributed by atoms with Gasteiger partial charge in [0.1, 0.15) is 11.6 Å². The first-order valence-corrected chi connectivity index (χ1v) is 6.39. The highest BCUT2D eigenvalue weighted by atomic mass is 19.1. The molecule has 0 aliphatic heterocycles. The molecule has 0 saturated carbocycles. The lowest BCUT2D eigenvalue weighted by atomic mass is 10.2. The van der Waals surface area contributed by atoms with Crippen molar-refractivity contribution < 1.29 is 14.2 Å². The number of hydrogen-bond donors (Lipinski definition) is 2. The Balaban J connectivity index is 2.56. The lowest BCUT2D eigenvalue weighted by Gasteiger charge is -2.12. The Bertz CT molecular complexity index is 358. The van der Waals surface area contributed by atoms with E-state index in [4.69, 9.17) is 9.84 Å². The summed E-state index contributed by atoms with van der Waals surface area (Å²) in [5.74, 6) is 0.274. The fourth-order valence-electron chi connectivity index (χ4n) is 1.51.